The molecule has 8 heteroatoms. The first-order chi connectivity index (χ1) is 12.2. The first-order valence-electron chi connectivity index (χ1n) is 8.42. The highest BCUT2D eigenvalue weighted by Crippen LogP contribution is 2.23. The Kier molecular flexibility index (Phi) is 6.63. The molecule has 1 aromatic heterocycles. The number of carbonyl (C=O) groups excluding carboxylic acids is 1. The number of nitrogens with one attached hydrogen (secondary N) is 1. The van der Waals surface area contributed by atoms with Crippen molar-refractivity contribution in [3.05, 3.63) is 39.3 Å². The van der Waals surface area contributed by atoms with E-state index >= 15 is 0 Å². The number of amides is 1. The molecule has 0 fully saturated rings. The van der Waals surface area contributed by atoms with Gasteiger partial charge in [0.25, 0.3) is 0 Å². The number of hydrogen-bond acceptors (Lipinski definition) is 6. The minimum atomic E-state index is 0.0483. The Labute approximate surface area is 161 Å². The van der Waals surface area contributed by atoms with E-state index in [0.717, 1.165) is 40.8 Å². The topological polar surface area (TPSA) is 50.2 Å². The fourth-order valence-electron chi connectivity index (χ4n) is 2.74. The van der Waals surface area contributed by atoms with Crippen LogP contribution in [0.4, 0.5) is 0 Å². The first-order valence-corrected chi connectivity index (χ1v) is 10.6. The molecule has 0 radical (unpaired) electrons. The van der Waals surface area contributed by atoms with Crippen molar-refractivity contribution in [2.75, 3.05) is 18.8 Å². The van der Waals surface area contributed by atoms with E-state index in [9.17, 15) is 4.79 Å². The number of benzene rings is 1. The minimum absolute atomic E-state index is 0.0483. The van der Waals surface area contributed by atoms with Crippen LogP contribution in [-0.2, 0) is 24.4 Å². The van der Waals surface area contributed by atoms with E-state index in [0.29, 0.717) is 12.4 Å². The van der Waals surface area contributed by atoms with Crippen LogP contribution in [0.5, 0.6) is 0 Å². The van der Waals surface area contributed by atoms with E-state index in [2.05, 4.69) is 39.6 Å². The standard InChI is InChI=1S/C17H22N4OS3/c1-2-8-18-15(22)11-24-16-19-21(17(23)25-16)12-20-9-7-13-5-3-4-6-14(13)10-20/h3-6H,2,7-12H2,1H3,(H,18,22). The van der Waals surface area contributed by atoms with Crippen molar-refractivity contribution < 1.29 is 4.79 Å². The van der Waals surface area contributed by atoms with Gasteiger partial charge >= 0.3 is 0 Å². The molecule has 1 amide bonds. The van der Waals surface area contributed by atoms with Crippen molar-refractivity contribution >= 4 is 41.2 Å². The van der Waals surface area contributed by atoms with E-state index in [1.165, 1.54) is 34.2 Å². The molecule has 5 nitrogen and oxygen atoms in total. The van der Waals surface area contributed by atoms with E-state index in [1.54, 1.807) is 0 Å². The molecule has 0 saturated heterocycles. The minimum Gasteiger partial charge on any atom is -0.355 e. The molecule has 134 valence electrons. The SMILES string of the molecule is CCCNC(=O)CSc1nn(CN2CCc3ccccc3C2)c(=S)s1. The van der Waals surface area contributed by atoms with Crippen molar-refractivity contribution in [3.8, 4) is 0 Å². The second-order valence-electron chi connectivity index (χ2n) is 5.98. The van der Waals surface area contributed by atoms with Crippen LogP contribution in [0.3, 0.4) is 0 Å². The Bertz CT molecular complexity index is 786. The van der Waals surface area contributed by atoms with E-state index < -0.39 is 0 Å². The third-order valence-corrected chi connectivity index (χ3v) is 6.47. The van der Waals surface area contributed by atoms with Gasteiger partial charge in [0.2, 0.25) is 5.91 Å². The Morgan fingerprint density at radius 2 is 2.20 bits per heavy atom. The lowest BCUT2D eigenvalue weighted by atomic mass is 10.0. The van der Waals surface area contributed by atoms with Gasteiger partial charge in [-0.1, -0.05) is 54.3 Å². The zero-order chi connectivity index (χ0) is 17.6. The fourth-order valence-corrected chi connectivity index (χ4v) is 4.89. The van der Waals surface area contributed by atoms with Gasteiger partial charge in [-0.05, 0) is 36.2 Å². The molecule has 0 unspecified atom stereocenters. The lowest BCUT2D eigenvalue weighted by molar-refractivity contribution is -0.118. The molecule has 1 aliphatic rings. The number of carbonyl (C=O) groups is 1. The molecule has 1 aliphatic heterocycles. The van der Waals surface area contributed by atoms with Gasteiger partial charge in [0.1, 0.15) is 0 Å². The van der Waals surface area contributed by atoms with E-state index in [4.69, 9.17) is 12.2 Å². The summed E-state index contributed by atoms with van der Waals surface area (Å²) in [5.41, 5.74) is 2.83. The summed E-state index contributed by atoms with van der Waals surface area (Å²) < 4.78 is 3.49. The Morgan fingerprint density at radius 3 is 3.00 bits per heavy atom. The molecular formula is C17H22N4OS3. The summed E-state index contributed by atoms with van der Waals surface area (Å²) in [6, 6.07) is 8.60. The van der Waals surface area contributed by atoms with Gasteiger partial charge in [0, 0.05) is 19.6 Å². The molecule has 0 aliphatic carbocycles. The van der Waals surface area contributed by atoms with Crippen molar-refractivity contribution in [2.24, 2.45) is 0 Å². The molecule has 3 rings (SSSR count). The smallest absolute Gasteiger partial charge is 0.230 e. The van der Waals surface area contributed by atoms with Crippen LogP contribution in [-0.4, -0.2) is 39.4 Å². The first kappa shape index (κ1) is 18.6. The number of fused-ring (bicyclic) bond motifs is 1. The monoisotopic (exact) mass is 394 g/mol. The maximum Gasteiger partial charge on any atom is 0.230 e. The maximum atomic E-state index is 11.7. The third kappa shape index (κ3) is 5.13. The van der Waals surface area contributed by atoms with Gasteiger partial charge in [-0.3, -0.25) is 9.69 Å². The summed E-state index contributed by atoms with van der Waals surface area (Å²) in [6.07, 6.45) is 2.01. The Hall–Kier alpha value is -1.22. The highest BCUT2D eigenvalue weighted by Gasteiger charge is 2.17. The molecule has 1 aromatic carbocycles. The van der Waals surface area contributed by atoms with Gasteiger partial charge in [0.05, 0.1) is 12.4 Å². The molecule has 0 atom stereocenters. The predicted molar refractivity (Wildman–Crippen MR) is 106 cm³/mol. The molecule has 0 spiro atoms. The van der Waals surface area contributed by atoms with Crippen LogP contribution < -0.4 is 5.32 Å². The Balaban J connectivity index is 1.56. The van der Waals surface area contributed by atoms with Gasteiger partial charge < -0.3 is 5.32 Å². The van der Waals surface area contributed by atoms with Crippen molar-refractivity contribution in [3.63, 3.8) is 0 Å². The largest absolute Gasteiger partial charge is 0.355 e. The van der Waals surface area contributed by atoms with Crippen LogP contribution in [0.2, 0.25) is 0 Å². The second-order valence-corrected chi connectivity index (χ2v) is 8.83. The highest BCUT2D eigenvalue weighted by atomic mass is 32.2. The lowest BCUT2D eigenvalue weighted by Gasteiger charge is -2.28. The number of thioether (sulfide) groups is 1. The summed E-state index contributed by atoms with van der Waals surface area (Å²) in [4.78, 5) is 14.1. The average molecular weight is 395 g/mol. The molecular weight excluding hydrogens is 372 g/mol. The van der Waals surface area contributed by atoms with Crippen LogP contribution in [0.25, 0.3) is 0 Å². The van der Waals surface area contributed by atoms with Gasteiger partial charge in [0.15, 0.2) is 8.29 Å². The van der Waals surface area contributed by atoms with Crippen molar-refractivity contribution in [1.82, 2.24) is 20.0 Å². The van der Waals surface area contributed by atoms with Crippen molar-refractivity contribution in [1.29, 1.82) is 0 Å². The van der Waals surface area contributed by atoms with Crippen molar-refractivity contribution in [2.45, 2.75) is 37.3 Å². The van der Waals surface area contributed by atoms with E-state index in [1.807, 2.05) is 11.6 Å². The quantitative estimate of drug-likeness (QED) is 0.577. The number of hydrogen-bond donors (Lipinski definition) is 1. The van der Waals surface area contributed by atoms with Crippen LogP contribution >= 0.6 is 35.3 Å². The van der Waals surface area contributed by atoms with Crippen LogP contribution in [0.15, 0.2) is 28.6 Å². The van der Waals surface area contributed by atoms with Gasteiger partial charge in [-0.2, -0.15) is 5.10 Å². The lowest BCUT2D eigenvalue weighted by Crippen LogP contribution is -2.32. The molecule has 0 bridgehead atoms. The average Bonchev–Trinajstić information content (AvgIpc) is 2.97. The zero-order valence-electron chi connectivity index (χ0n) is 14.2. The maximum absolute atomic E-state index is 11.7. The van der Waals surface area contributed by atoms with Gasteiger partial charge in [-0.25, -0.2) is 4.68 Å². The summed E-state index contributed by atoms with van der Waals surface area (Å²) in [5.74, 6) is 0.437. The number of aromatic nitrogens is 2. The highest BCUT2D eigenvalue weighted by molar-refractivity contribution is 8.01. The van der Waals surface area contributed by atoms with E-state index in [-0.39, 0.29) is 5.91 Å². The summed E-state index contributed by atoms with van der Waals surface area (Å²) in [6.45, 7) is 5.40. The third-order valence-electron chi connectivity index (χ3n) is 4.03. The summed E-state index contributed by atoms with van der Waals surface area (Å²) in [5, 5.41) is 7.46. The summed E-state index contributed by atoms with van der Waals surface area (Å²) in [7, 11) is 0. The molecule has 2 aromatic rings. The molecule has 2 heterocycles. The summed E-state index contributed by atoms with van der Waals surface area (Å²) >= 11 is 8.38. The Morgan fingerprint density at radius 1 is 1.40 bits per heavy atom. The number of nitrogens with zero attached hydrogens (tertiary/aromatic N) is 3. The fraction of sp³-hybridized carbons (Fsp3) is 0.471. The van der Waals surface area contributed by atoms with Gasteiger partial charge in [-0.15, -0.1) is 0 Å². The second kappa shape index (κ2) is 8.93. The van der Waals surface area contributed by atoms with Crippen LogP contribution in [0.1, 0.15) is 24.5 Å². The normalized spacial score (nSPS) is 14.3. The number of rotatable bonds is 7. The zero-order valence-corrected chi connectivity index (χ0v) is 16.7. The molecule has 0 saturated carbocycles. The van der Waals surface area contributed by atoms with Crippen LogP contribution in [0, 0.1) is 3.95 Å². The molecule has 1 N–H and O–H groups in total. The predicted octanol–water partition coefficient (Wildman–Crippen LogP) is 3.31. The molecule has 25 heavy (non-hydrogen) atoms.